The molecule has 0 fully saturated rings. The number of aromatic nitrogens is 1. The predicted octanol–water partition coefficient (Wildman–Crippen LogP) is 2.20. The Morgan fingerprint density at radius 1 is 1.40 bits per heavy atom. The molecular weight excluding hydrogens is 181 g/mol. The van der Waals surface area contributed by atoms with Crippen molar-refractivity contribution in [2.24, 2.45) is 0 Å². The number of nitrogens with zero attached hydrogens (tertiary/aromatic N) is 1. The fourth-order valence-electron chi connectivity index (χ4n) is 1.60. The van der Waals surface area contributed by atoms with E-state index in [0.717, 1.165) is 11.3 Å². The van der Waals surface area contributed by atoms with E-state index in [1.54, 1.807) is 0 Å². The minimum atomic E-state index is 0.530. The van der Waals surface area contributed by atoms with Crippen LogP contribution in [0, 0.1) is 6.92 Å². The zero-order valence-electron chi connectivity index (χ0n) is 10.7. The normalized spacial score (nSPS) is 10.5. The van der Waals surface area contributed by atoms with E-state index in [2.05, 4.69) is 59.6 Å². The molecule has 0 aliphatic heterocycles. The molecule has 0 saturated carbocycles. The average Bonchev–Trinajstić information content (AvgIpc) is 2.09. The van der Waals surface area contributed by atoms with Gasteiger partial charge in [-0.05, 0) is 49.5 Å². The topological polar surface area (TPSA) is 12.9 Å². The van der Waals surface area contributed by atoms with Crippen LogP contribution >= 0.6 is 0 Å². The smallest absolute Gasteiger partial charge is 0.164 e. The second-order valence-electron chi connectivity index (χ2n) is 4.74. The SMILES string of the molecule is Bc1nc(C=C(C)C)c(C(C)C)cc1C. The molecule has 0 N–H and O–H groups in total. The summed E-state index contributed by atoms with van der Waals surface area (Å²) in [5.74, 6) is 0.530. The van der Waals surface area contributed by atoms with E-state index < -0.39 is 0 Å². The first-order valence-electron chi connectivity index (χ1n) is 5.55. The highest BCUT2D eigenvalue weighted by Crippen LogP contribution is 2.20. The lowest BCUT2D eigenvalue weighted by Crippen LogP contribution is -2.15. The van der Waals surface area contributed by atoms with Gasteiger partial charge in [0.1, 0.15) is 0 Å². The van der Waals surface area contributed by atoms with E-state index in [4.69, 9.17) is 0 Å². The van der Waals surface area contributed by atoms with Crippen molar-refractivity contribution in [3.8, 4) is 0 Å². The van der Waals surface area contributed by atoms with Gasteiger partial charge in [-0.15, -0.1) is 0 Å². The number of aryl methyl sites for hydroxylation is 1. The van der Waals surface area contributed by atoms with Crippen LogP contribution in [-0.2, 0) is 0 Å². The van der Waals surface area contributed by atoms with Gasteiger partial charge in [0.15, 0.2) is 7.85 Å². The third-order valence-electron chi connectivity index (χ3n) is 2.57. The lowest BCUT2D eigenvalue weighted by atomic mass is 9.92. The van der Waals surface area contributed by atoms with Gasteiger partial charge < -0.3 is 0 Å². The second kappa shape index (κ2) is 4.65. The zero-order chi connectivity index (χ0) is 11.6. The Labute approximate surface area is 94.0 Å². The quantitative estimate of drug-likeness (QED) is 0.668. The molecule has 0 spiro atoms. The summed E-state index contributed by atoms with van der Waals surface area (Å²) in [4.78, 5) is 4.66. The maximum absolute atomic E-state index is 4.66. The van der Waals surface area contributed by atoms with Crippen LogP contribution in [0.3, 0.4) is 0 Å². The van der Waals surface area contributed by atoms with Crippen molar-refractivity contribution < 1.29 is 0 Å². The molecule has 0 saturated heterocycles. The minimum absolute atomic E-state index is 0.530. The van der Waals surface area contributed by atoms with Gasteiger partial charge in [0, 0.05) is 0 Å². The second-order valence-corrected chi connectivity index (χ2v) is 4.74. The lowest BCUT2D eigenvalue weighted by Gasteiger charge is -2.12. The van der Waals surface area contributed by atoms with Gasteiger partial charge in [0.25, 0.3) is 0 Å². The minimum Gasteiger partial charge on any atom is -0.264 e. The summed E-state index contributed by atoms with van der Waals surface area (Å²) in [5, 5.41) is 0. The summed E-state index contributed by atoms with van der Waals surface area (Å²) in [7, 11) is 2.07. The Balaban J connectivity index is 3.35. The first-order chi connectivity index (χ1) is 6.91. The van der Waals surface area contributed by atoms with Crippen molar-refractivity contribution in [3.63, 3.8) is 0 Å². The maximum Gasteiger partial charge on any atom is 0.164 e. The van der Waals surface area contributed by atoms with Crippen molar-refractivity contribution in [1.82, 2.24) is 4.98 Å². The highest BCUT2D eigenvalue weighted by molar-refractivity contribution is 6.31. The maximum atomic E-state index is 4.66. The summed E-state index contributed by atoms with van der Waals surface area (Å²) in [6.45, 7) is 10.8. The Hall–Kier alpha value is -1.05. The van der Waals surface area contributed by atoms with Crippen LogP contribution in [0.2, 0.25) is 0 Å². The molecule has 1 aromatic rings. The van der Waals surface area contributed by atoms with Gasteiger partial charge >= 0.3 is 0 Å². The van der Waals surface area contributed by atoms with Crippen LogP contribution < -0.4 is 5.59 Å². The largest absolute Gasteiger partial charge is 0.264 e. The molecule has 0 aromatic carbocycles. The van der Waals surface area contributed by atoms with Crippen molar-refractivity contribution in [1.29, 1.82) is 0 Å². The third kappa shape index (κ3) is 2.95. The summed E-state index contributed by atoms with van der Waals surface area (Å²) >= 11 is 0. The average molecular weight is 201 g/mol. The molecule has 1 aromatic heterocycles. The monoisotopic (exact) mass is 201 g/mol. The van der Waals surface area contributed by atoms with E-state index in [1.807, 2.05) is 0 Å². The first kappa shape index (κ1) is 12.0. The molecule has 1 nitrogen and oxygen atoms in total. The van der Waals surface area contributed by atoms with Crippen molar-refractivity contribution in [2.45, 2.75) is 40.5 Å². The molecule has 2 heteroatoms. The van der Waals surface area contributed by atoms with Gasteiger partial charge in [-0.3, -0.25) is 4.98 Å². The summed E-state index contributed by atoms with van der Waals surface area (Å²) in [6, 6.07) is 2.27. The fraction of sp³-hybridized carbons (Fsp3) is 0.462. The van der Waals surface area contributed by atoms with Gasteiger partial charge in [-0.2, -0.15) is 0 Å². The van der Waals surface area contributed by atoms with Crippen LogP contribution in [0.1, 0.15) is 50.4 Å². The van der Waals surface area contributed by atoms with E-state index in [0.29, 0.717) is 5.92 Å². The van der Waals surface area contributed by atoms with Crippen LogP contribution in [0.4, 0.5) is 0 Å². The van der Waals surface area contributed by atoms with Gasteiger partial charge in [0.05, 0.1) is 5.69 Å². The molecule has 0 bridgehead atoms. The third-order valence-corrected chi connectivity index (χ3v) is 2.57. The summed E-state index contributed by atoms with van der Waals surface area (Å²) in [5.41, 5.74) is 6.19. The van der Waals surface area contributed by atoms with E-state index in [1.165, 1.54) is 16.7 Å². The van der Waals surface area contributed by atoms with Crippen molar-refractivity contribution in [3.05, 3.63) is 28.5 Å². The highest BCUT2D eigenvalue weighted by Gasteiger charge is 2.08. The molecule has 1 heterocycles. The van der Waals surface area contributed by atoms with E-state index in [9.17, 15) is 0 Å². The fourth-order valence-corrected chi connectivity index (χ4v) is 1.60. The highest BCUT2D eigenvalue weighted by atomic mass is 14.7. The van der Waals surface area contributed by atoms with Gasteiger partial charge in [-0.1, -0.05) is 25.5 Å². The van der Waals surface area contributed by atoms with E-state index in [-0.39, 0.29) is 0 Å². The summed E-state index contributed by atoms with van der Waals surface area (Å²) in [6.07, 6.45) is 2.17. The molecule has 0 aliphatic rings. The number of hydrogen-bond acceptors (Lipinski definition) is 1. The van der Waals surface area contributed by atoms with E-state index >= 15 is 0 Å². The number of pyridine rings is 1. The summed E-state index contributed by atoms with van der Waals surface area (Å²) < 4.78 is 0. The molecule has 0 unspecified atom stereocenters. The number of hydrogen-bond donors (Lipinski definition) is 0. The van der Waals surface area contributed by atoms with Crippen molar-refractivity contribution >= 4 is 19.5 Å². The molecule has 0 radical (unpaired) electrons. The van der Waals surface area contributed by atoms with Crippen LogP contribution in [0.15, 0.2) is 11.6 Å². The molecular formula is C13H20BN. The molecule has 15 heavy (non-hydrogen) atoms. The Morgan fingerprint density at radius 2 is 2.00 bits per heavy atom. The standard InChI is InChI=1S/C13H20BN/c1-8(2)6-12-11(9(3)4)7-10(5)13(14)15-12/h6-7,9H,14H2,1-5H3. The Morgan fingerprint density at radius 3 is 2.47 bits per heavy atom. The van der Waals surface area contributed by atoms with Gasteiger partial charge in [-0.25, -0.2) is 0 Å². The van der Waals surface area contributed by atoms with Crippen LogP contribution in [0.5, 0.6) is 0 Å². The molecule has 0 atom stereocenters. The molecule has 0 aliphatic carbocycles. The lowest BCUT2D eigenvalue weighted by molar-refractivity contribution is 0.853. The predicted molar refractivity (Wildman–Crippen MR) is 70.6 cm³/mol. The molecule has 1 rings (SSSR count). The zero-order valence-corrected chi connectivity index (χ0v) is 10.7. The number of rotatable bonds is 2. The van der Waals surface area contributed by atoms with Crippen LogP contribution in [0.25, 0.3) is 6.08 Å². The molecule has 80 valence electrons. The Bertz CT molecular complexity index is 388. The Kier molecular flexibility index (Phi) is 3.73. The van der Waals surface area contributed by atoms with Gasteiger partial charge in [0.2, 0.25) is 0 Å². The van der Waals surface area contributed by atoms with Crippen LogP contribution in [-0.4, -0.2) is 12.8 Å². The molecule has 0 amide bonds. The first-order valence-corrected chi connectivity index (χ1v) is 5.55. The van der Waals surface area contributed by atoms with Crippen molar-refractivity contribution in [2.75, 3.05) is 0 Å². The number of allylic oxidation sites excluding steroid dienone is 1.